The molecule has 1 unspecified atom stereocenters. The molecule has 1 saturated heterocycles. The third-order valence-electron chi connectivity index (χ3n) is 2.81. The summed E-state index contributed by atoms with van der Waals surface area (Å²) in [4.78, 5) is 30.4. The number of hydrogen-bond donors (Lipinski definition) is 1. The Balaban J connectivity index is 2.31. The third-order valence-corrected chi connectivity index (χ3v) is 2.99. The first-order chi connectivity index (χ1) is 8.49. The van der Waals surface area contributed by atoms with E-state index in [1.54, 1.807) is 4.90 Å². The molecular weight excluding hydrogens is 262 g/mol. The highest BCUT2D eigenvalue weighted by Crippen LogP contribution is 2.30. The second-order valence-electron chi connectivity index (χ2n) is 3.94. The number of anilines is 1. The highest BCUT2D eigenvalue weighted by molar-refractivity contribution is 6.28. The van der Waals surface area contributed by atoms with Gasteiger partial charge >= 0.3 is 5.69 Å². The summed E-state index contributed by atoms with van der Waals surface area (Å²) in [6.45, 7) is 0.783. The highest BCUT2D eigenvalue weighted by Gasteiger charge is 2.31. The SMILES string of the molecule is NC(=O)C1CCN(c2nc(Cl)ncc2[N+](=O)[O-])C1. The molecule has 1 aromatic heterocycles. The van der Waals surface area contributed by atoms with Crippen molar-refractivity contribution in [3.05, 3.63) is 21.6 Å². The molecule has 1 aromatic rings. The minimum atomic E-state index is -0.580. The van der Waals surface area contributed by atoms with E-state index in [-0.39, 0.29) is 22.7 Å². The largest absolute Gasteiger partial charge is 0.369 e. The topological polar surface area (TPSA) is 115 Å². The average molecular weight is 272 g/mol. The molecule has 2 heterocycles. The molecular formula is C9H10ClN5O3. The van der Waals surface area contributed by atoms with Gasteiger partial charge in [0.25, 0.3) is 0 Å². The Morgan fingerprint density at radius 2 is 2.39 bits per heavy atom. The van der Waals surface area contributed by atoms with E-state index in [1.165, 1.54) is 0 Å². The van der Waals surface area contributed by atoms with Crippen molar-refractivity contribution in [1.82, 2.24) is 9.97 Å². The van der Waals surface area contributed by atoms with E-state index in [2.05, 4.69) is 9.97 Å². The number of aromatic nitrogens is 2. The maximum Gasteiger partial charge on any atom is 0.329 e. The normalized spacial score (nSPS) is 18.9. The number of carbonyl (C=O) groups excluding carboxylic acids is 1. The van der Waals surface area contributed by atoms with E-state index >= 15 is 0 Å². The Morgan fingerprint density at radius 3 is 2.94 bits per heavy atom. The molecule has 2 N–H and O–H groups in total. The standard InChI is InChI=1S/C9H10ClN5O3/c10-9-12-3-6(15(17)18)8(13-9)14-2-1-5(4-14)7(11)16/h3,5H,1-2,4H2,(H2,11,16). The number of nitrogens with zero attached hydrogens (tertiary/aromatic N) is 4. The van der Waals surface area contributed by atoms with E-state index < -0.39 is 10.8 Å². The van der Waals surface area contributed by atoms with Gasteiger partial charge in [0.15, 0.2) is 0 Å². The van der Waals surface area contributed by atoms with Crippen molar-refractivity contribution >= 4 is 29.0 Å². The summed E-state index contributed by atoms with van der Waals surface area (Å²) in [6, 6.07) is 0. The molecule has 1 aliphatic heterocycles. The van der Waals surface area contributed by atoms with Gasteiger partial charge in [-0.1, -0.05) is 0 Å². The molecule has 96 valence electrons. The van der Waals surface area contributed by atoms with Crippen LogP contribution in [0, 0.1) is 16.0 Å². The van der Waals surface area contributed by atoms with Crippen molar-refractivity contribution in [3.63, 3.8) is 0 Å². The van der Waals surface area contributed by atoms with Crippen LogP contribution in [0.25, 0.3) is 0 Å². The number of nitro groups is 1. The Kier molecular flexibility index (Phi) is 3.28. The fourth-order valence-corrected chi connectivity index (χ4v) is 2.02. The van der Waals surface area contributed by atoms with E-state index in [4.69, 9.17) is 17.3 Å². The number of nitrogens with two attached hydrogens (primary N) is 1. The van der Waals surface area contributed by atoms with Crippen LogP contribution in [-0.2, 0) is 4.79 Å². The second-order valence-corrected chi connectivity index (χ2v) is 4.28. The van der Waals surface area contributed by atoms with Crippen LogP contribution in [0.4, 0.5) is 11.5 Å². The third kappa shape index (κ3) is 2.33. The van der Waals surface area contributed by atoms with Crippen LogP contribution in [0.5, 0.6) is 0 Å². The summed E-state index contributed by atoms with van der Waals surface area (Å²) >= 11 is 5.64. The molecule has 18 heavy (non-hydrogen) atoms. The van der Waals surface area contributed by atoms with E-state index in [0.717, 1.165) is 6.20 Å². The van der Waals surface area contributed by atoms with Crippen LogP contribution in [0.15, 0.2) is 6.20 Å². The van der Waals surface area contributed by atoms with Crippen LogP contribution in [0.3, 0.4) is 0 Å². The first-order valence-electron chi connectivity index (χ1n) is 5.20. The summed E-state index contributed by atoms with van der Waals surface area (Å²) in [7, 11) is 0. The predicted octanol–water partition coefficient (Wildman–Crippen LogP) is 0.350. The lowest BCUT2D eigenvalue weighted by molar-refractivity contribution is -0.384. The lowest BCUT2D eigenvalue weighted by Gasteiger charge is -2.16. The van der Waals surface area contributed by atoms with E-state index in [1.807, 2.05) is 0 Å². The van der Waals surface area contributed by atoms with Gasteiger partial charge in [0.1, 0.15) is 6.20 Å². The molecule has 2 rings (SSSR count). The maximum atomic E-state index is 11.1. The minimum absolute atomic E-state index is 0.0712. The summed E-state index contributed by atoms with van der Waals surface area (Å²) in [5.41, 5.74) is 4.98. The summed E-state index contributed by atoms with van der Waals surface area (Å²) in [6.07, 6.45) is 1.61. The van der Waals surface area contributed by atoms with Crippen molar-refractivity contribution in [2.75, 3.05) is 18.0 Å². The Morgan fingerprint density at radius 1 is 1.67 bits per heavy atom. The zero-order valence-corrected chi connectivity index (χ0v) is 10.0. The van der Waals surface area contributed by atoms with Gasteiger partial charge in [0.2, 0.25) is 17.0 Å². The number of amides is 1. The van der Waals surface area contributed by atoms with Crippen LogP contribution in [0.2, 0.25) is 5.28 Å². The summed E-state index contributed by atoms with van der Waals surface area (Å²) in [5, 5.41) is 10.8. The minimum Gasteiger partial charge on any atom is -0.369 e. The first-order valence-corrected chi connectivity index (χ1v) is 5.58. The first kappa shape index (κ1) is 12.5. The number of hydrogen-bond acceptors (Lipinski definition) is 6. The summed E-state index contributed by atoms with van der Waals surface area (Å²) < 4.78 is 0. The number of halogens is 1. The molecule has 0 spiro atoms. The quantitative estimate of drug-likeness (QED) is 0.482. The Bertz CT molecular complexity index is 509. The molecule has 0 aromatic carbocycles. The van der Waals surface area contributed by atoms with Gasteiger partial charge in [0, 0.05) is 13.1 Å². The lowest BCUT2D eigenvalue weighted by atomic mass is 10.1. The van der Waals surface area contributed by atoms with Gasteiger partial charge in [-0.3, -0.25) is 14.9 Å². The molecule has 0 bridgehead atoms. The Hall–Kier alpha value is -1.96. The lowest BCUT2D eigenvalue weighted by Crippen LogP contribution is -2.28. The predicted molar refractivity (Wildman–Crippen MR) is 63.2 cm³/mol. The van der Waals surface area contributed by atoms with Gasteiger partial charge in [-0.2, -0.15) is 4.98 Å². The zero-order chi connectivity index (χ0) is 13.3. The number of rotatable bonds is 3. The van der Waals surface area contributed by atoms with Crippen molar-refractivity contribution < 1.29 is 9.72 Å². The van der Waals surface area contributed by atoms with Gasteiger partial charge in [0.05, 0.1) is 10.8 Å². The zero-order valence-electron chi connectivity index (χ0n) is 9.24. The van der Waals surface area contributed by atoms with Crippen LogP contribution >= 0.6 is 11.6 Å². The van der Waals surface area contributed by atoms with E-state index in [0.29, 0.717) is 19.5 Å². The van der Waals surface area contributed by atoms with Crippen molar-refractivity contribution in [2.24, 2.45) is 11.7 Å². The highest BCUT2D eigenvalue weighted by atomic mass is 35.5. The number of carbonyl (C=O) groups is 1. The van der Waals surface area contributed by atoms with Crippen LogP contribution < -0.4 is 10.6 Å². The van der Waals surface area contributed by atoms with Crippen molar-refractivity contribution in [1.29, 1.82) is 0 Å². The molecule has 1 aliphatic rings. The molecule has 1 atom stereocenters. The maximum absolute atomic E-state index is 11.1. The molecule has 1 fully saturated rings. The molecule has 0 saturated carbocycles. The molecule has 1 amide bonds. The van der Waals surface area contributed by atoms with Gasteiger partial charge in [-0.05, 0) is 18.0 Å². The average Bonchev–Trinajstić information content (AvgIpc) is 2.77. The van der Waals surface area contributed by atoms with Crippen LogP contribution in [0.1, 0.15) is 6.42 Å². The molecule has 0 radical (unpaired) electrons. The van der Waals surface area contributed by atoms with Crippen molar-refractivity contribution in [2.45, 2.75) is 6.42 Å². The number of primary amides is 1. The molecule has 9 heteroatoms. The van der Waals surface area contributed by atoms with Crippen molar-refractivity contribution in [3.8, 4) is 0 Å². The molecule has 0 aliphatic carbocycles. The Labute approximate surface area is 107 Å². The molecule has 8 nitrogen and oxygen atoms in total. The van der Waals surface area contributed by atoms with Crippen LogP contribution in [-0.4, -0.2) is 33.9 Å². The fraction of sp³-hybridized carbons (Fsp3) is 0.444. The monoisotopic (exact) mass is 271 g/mol. The summed E-state index contributed by atoms with van der Waals surface area (Å²) in [5.74, 6) is -0.609. The van der Waals surface area contributed by atoms with Gasteiger partial charge < -0.3 is 10.6 Å². The van der Waals surface area contributed by atoms with Gasteiger partial charge in [-0.15, -0.1) is 0 Å². The fourth-order valence-electron chi connectivity index (χ4n) is 1.89. The second kappa shape index (κ2) is 4.73. The van der Waals surface area contributed by atoms with E-state index in [9.17, 15) is 14.9 Å². The smallest absolute Gasteiger partial charge is 0.329 e. The van der Waals surface area contributed by atoms with Gasteiger partial charge in [-0.25, -0.2) is 4.98 Å².